The van der Waals surface area contributed by atoms with Crippen LogP contribution < -0.4 is 35.1 Å². The molecule has 0 fully saturated rings. The van der Waals surface area contributed by atoms with Crippen molar-refractivity contribution in [3.05, 3.63) is 202 Å². The average molecular weight is 1640 g/mol. The highest BCUT2D eigenvalue weighted by Crippen LogP contribution is 2.56. The molecule has 5 N–H and O–H groups in total. The van der Waals surface area contributed by atoms with Gasteiger partial charge in [0, 0.05) is 81.3 Å². The third-order valence-corrected chi connectivity index (χ3v) is 25.4. The van der Waals surface area contributed by atoms with E-state index in [9.17, 15) is 32.7 Å². The van der Waals surface area contributed by atoms with E-state index in [1.54, 1.807) is 111 Å². The van der Waals surface area contributed by atoms with Crippen LogP contribution in [0.5, 0.6) is 11.5 Å². The summed E-state index contributed by atoms with van der Waals surface area (Å²) >= 11 is 1.31. The first-order chi connectivity index (χ1) is 53.5. The molecular weight excluding hydrogens is 1540 g/mol. The summed E-state index contributed by atoms with van der Waals surface area (Å²) in [5.41, 5.74) is 7.32. The molecule has 2 aliphatic carbocycles. The number of ether oxygens (including phenoxy) is 6. The first-order valence-corrected chi connectivity index (χ1v) is 44.1. The van der Waals surface area contributed by atoms with Gasteiger partial charge in [-0.1, -0.05) is 70.9 Å². The Morgan fingerprint density at radius 3 is 1.88 bits per heavy atom. The number of sulfonamides is 1. The lowest BCUT2D eigenvalue weighted by Gasteiger charge is -2.39. The highest BCUT2D eigenvalue weighted by atomic mass is 32.2. The van der Waals surface area contributed by atoms with E-state index in [1.165, 1.54) is 39.8 Å². The van der Waals surface area contributed by atoms with Crippen molar-refractivity contribution < 1.29 is 106 Å². The number of nitrogens with two attached hydrogens (primary N) is 1. The fourth-order valence-corrected chi connectivity index (χ4v) is 18.7. The number of esters is 2. The lowest BCUT2D eigenvalue weighted by atomic mass is 9.77. The molecule has 0 saturated carbocycles. The molecule has 33 heteroatoms. The Hall–Kier alpha value is -7.78. The lowest BCUT2D eigenvalue weighted by Crippen LogP contribution is -2.56. The summed E-state index contributed by atoms with van der Waals surface area (Å²) in [6.07, 6.45) is 8.18. The first-order valence-electron chi connectivity index (χ1n) is 36.8. The number of rotatable bonds is 43. The largest absolute Gasteiger partial charge is 0.854 e. The number of hydrogen-bond donors (Lipinski definition) is 4. The minimum absolute atomic E-state index is 0.100. The summed E-state index contributed by atoms with van der Waals surface area (Å²) in [5, 5.41) is 15.4. The molecule has 0 aliphatic heterocycles. The molecule has 0 saturated heterocycles. The van der Waals surface area contributed by atoms with Gasteiger partial charge in [-0.15, -0.1) is 6.61 Å². The van der Waals surface area contributed by atoms with Crippen LogP contribution in [-0.2, 0) is 90.6 Å². The minimum Gasteiger partial charge on any atom is -0.854 e. The molecular formula is C79H103N7O21P2S3. The zero-order chi connectivity index (χ0) is 81.6. The van der Waals surface area contributed by atoms with Crippen molar-refractivity contribution in [1.82, 2.24) is 5.32 Å². The van der Waals surface area contributed by atoms with Crippen LogP contribution in [0.2, 0.25) is 0 Å². The zero-order valence-electron chi connectivity index (χ0n) is 65.3. The smallest absolute Gasteiger partial charge is 0.370 e. The van der Waals surface area contributed by atoms with E-state index in [2.05, 4.69) is 23.7 Å². The van der Waals surface area contributed by atoms with Gasteiger partial charge in [0.05, 0.1) is 75.4 Å². The van der Waals surface area contributed by atoms with Crippen LogP contribution in [0.3, 0.4) is 0 Å². The number of carbonyl (C=O) groups excluding carboxylic acids is 3. The van der Waals surface area contributed by atoms with E-state index in [-0.39, 0.29) is 42.2 Å². The average Bonchev–Trinajstić information content (AvgIpc) is 0.739. The maximum Gasteiger partial charge on any atom is 0.370 e. The molecule has 5 aromatic carbocycles. The highest BCUT2D eigenvalue weighted by Gasteiger charge is 2.58. The Bertz CT molecular complexity index is 4680. The van der Waals surface area contributed by atoms with Crippen LogP contribution in [0.4, 0.5) is 11.4 Å². The fraction of sp³-hybridized carbons (Fsp3) is 0.430. The normalized spacial score (nSPS) is 14.7. The van der Waals surface area contributed by atoms with E-state index in [0.29, 0.717) is 102 Å². The second-order valence-corrected chi connectivity index (χ2v) is 33.7. The summed E-state index contributed by atoms with van der Waals surface area (Å²) in [6.45, 7) is 12.0. The summed E-state index contributed by atoms with van der Waals surface area (Å²) < 4.78 is 147. The van der Waals surface area contributed by atoms with Crippen molar-refractivity contribution in [2.75, 3.05) is 123 Å². The standard InChI is InChI=1S/C79H103N7O21P2S3/c1-13-85(14-2)65-29-36-70-58(46-65)45-59-47-66(86(15-3)16-4)30-37-71(59)75(70)72-38-35-69(48-73(72)112(95,96)97)111(93,94)83-109(92,106-53-64(81-74(88)39-42-110-12)52-105-108(91,82-63-43-55(7)84(9)56(8)44-63)104-51-57(49-87)50-100-41-22-40-80)107-78(76(89)101-17-5,77(90)102-18-6)54-103-79(60-23-20-19-21-24-60,61-25-31-67(98-10)32-26-61)62-27-33-68(99-11)34-28-62/h19-21,23-38,43-44,46-48,57,64H,13-18,22,39-42,45,49-54,80H2,1-12H3,(H3-,81,88,91,92,95,96,97). The topological polar surface area (TPSA) is 371 Å². The van der Waals surface area contributed by atoms with Gasteiger partial charge in [0.1, 0.15) is 54.0 Å². The molecule has 6 aromatic rings. The second kappa shape index (κ2) is 41.0. The number of aryl methyl sites for hydroxylation is 2. The van der Waals surface area contributed by atoms with Gasteiger partial charge in [-0.3, -0.25) is 13.8 Å². The monoisotopic (exact) mass is 1640 g/mol. The summed E-state index contributed by atoms with van der Waals surface area (Å²) in [6, 6.07) is 31.7. The Balaban J connectivity index is 1.38. The van der Waals surface area contributed by atoms with Crippen LogP contribution in [-0.4, -0.2) is 189 Å². The number of nitrogens with zero attached hydrogens (tertiary/aromatic N) is 5. The summed E-state index contributed by atoms with van der Waals surface area (Å²) in [4.78, 5) is 71.5. The number of anilines is 1. The highest BCUT2D eigenvalue weighted by molar-refractivity contribution is 7.98. The third-order valence-electron chi connectivity index (χ3n) is 18.9. The molecule has 4 unspecified atom stereocenters. The number of benzene rings is 5. The van der Waals surface area contributed by atoms with E-state index < -0.39 is 133 Å². The Morgan fingerprint density at radius 1 is 0.750 bits per heavy atom. The molecule has 1 amide bonds. The maximum absolute atomic E-state index is 15.8. The van der Waals surface area contributed by atoms with Gasteiger partial charge in [0.2, 0.25) is 5.91 Å². The van der Waals surface area contributed by atoms with Crippen molar-refractivity contribution in [2.24, 2.45) is 27.6 Å². The molecule has 0 bridgehead atoms. The second-order valence-electron chi connectivity index (χ2n) is 26.2. The summed E-state index contributed by atoms with van der Waals surface area (Å²) in [7, 11) is -17.6. The SMILES string of the molecule is CCOC(=O)C(COC(c1ccccc1)(c1ccc(OC)cc1)c1ccc(OC)cc1)(OP(O)(=NS(=O)(=O)c1ccc(C2=C3C=CC(=[N+](CC)CC)C=C3Cc3cc(N(CC)CC)ccc32)c(S(=O)(=O)[O-])c1)OCC(COP(O)(=Nc1cc(C)[n+](C)c(C)c1)OCC(C[O-])COCCCN)NC(=O)CCSC)C(=O)OCC. The van der Waals surface area contributed by atoms with Crippen LogP contribution in [0.15, 0.2) is 175 Å². The molecule has 1 aromatic heterocycles. The predicted octanol–water partition coefficient (Wildman–Crippen LogP) is 9.66. The number of amides is 1. The number of pyridine rings is 1. The first kappa shape index (κ1) is 89.8. The molecule has 2 aliphatic rings. The third kappa shape index (κ3) is 22.2. The molecule has 112 heavy (non-hydrogen) atoms. The molecule has 0 spiro atoms. The number of carbonyl (C=O) groups is 3. The van der Waals surface area contributed by atoms with E-state index >= 15 is 18.0 Å². The van der Waals surface area contributed by atoms with Crippen molar-refractivity contribution in [3.8, 4) is 11.5 Å². The molecule has 608 valence electrons. The van der Waals surface area contributed by atoms with Crippen LogP contribution in [0, 0.1) is 19.8 Å². The van der Waals surface area contributed by atoms with Crippen molar-refractivity contribution in [3.63, 3.8) is 0 Å². The fourth-order valence-electron chi connectivity index (χ4n) is 12.8. The van der Waals surface area contributed by atoms with E-state index in [0.717, 1.165) is 34.7 Å². The van der Waals surface area contributed by atoms with Crippen LogP contribution in [0.25, 0.3) is 5.57 Å². The molecule has 4 atom stereocenters. The van der Waals surface area contributed by atoms with Crippen molar-refractivity contribution in [2.45, 2.75) is 102 Å². The number of hydrogen-bond acceptors (Lipinski definition) is 23. The van der Waals surface area contributed by atoms with Gasteiger partial charge in [-0.2, -0.15) is 24.9 Å². The van der Waals surface area contributed by atoms with Gasteiger partial charge in [-0.05, 0) is 172 Å². The van der Waals surface area contributed by atoms with Gasteiger partial charge in [-0.25, -0.2) is 27.1 Å². The molecule has 0 radical (unpaired) electrons. The predicted molar refractivity (Wildman–Crippen MR) is 426 cm³/mol. The Morgan fingerprint density at radius 2 is 1.33 bits per heavy atom. The Labute approximate surface area is 661 Å². The number of thioether (sulfide) groups is 1. The van der Waals surface area contributed by atoms with Gasteiger partial charge in [0.15, 0.2) is 17.1 Å². The van der Waals surface area contributed by atoms with E-state index in [4.69, 9.17) is 52.2 Å². The summed E-state index contributed by atoms with van der Waals surface area (Å²) in [5.74, 6) is -3.74. The zero-order valence-corrected chi connectivity index (χ0v) is 69.6. The minimum atomic E-state index is -6.17. The van der Waals surface area contributed by atoms with Crippen molar-refractivity contribution in [1.29, 1.82) is 0 Å². The number of methoxy groups -OCH3 is 2. The number of allylic oxidation sites excluding steroid dienone is 5. The maximum atomic E-state index is 15.8. The number of nitrogens with one attached hydrogen (secondary N) is 1. The van der Waals surface area contributed by atoms with Gasteiger partial charge in [0.25, 0.3) is 15.6 Å². The molecule has 1 heterocycles. The Kier molecular flexibility index (Phi) is 32.8. The number of aromatic nitrogens is 1. The van der Waals surface area contributed by atoms with Gasteiger partial charge >= 0.3 is 27.4 Å². The van der Waals surface area contributed by atoms with Crippen LogP contribution >= 0.6 is 27.2 Å². The molecule has 8 rings (SSSR count). The quantitative estimate of drug-likeness (QED) is 0.00526. The van der Waals surface area contributed by atoms with Crippen molar-refractivity contribution >= 4 is 87.9 Å². The van der Waals surface area contributed by atoms with Crippen LogP contribution in [0.1, 0.15) is 99.2 Å². The molecule has 28 nitrogen and oxygen atoms in total. The lowest BCUT2D eigenvalue weighted by molar-refractivity contribution is -0.683. The van der Waals surface area contributed by atoms with Gasteiger partial charge < -0.3 is 72.9 Å². The van der Waals surface area contributed by atoms with E-state index in [1.807, 2.05) is 75.7 Å². The number of fused-ring (bicyclic) bond motifs is 2.